The molecule has 4 N–H and O–H groups in total. The molecule has 1 aliphatic heterocycles. The largest absolute Gasteiger partial charge is 0.395 e. The molecule has 0 bridgehead atoms. The maximum Gasteiger partial charge on any atom is 0.267 e. The van der Waals surface area contributed by atoms with Crippen LogP contribution in [-0.4, -0.2) is 45.3 Å². The molecule has 1 aromatic carbocycles. The van der Waals surface area contributed by atoms with Gasteiger partial charge in [-0.2, -0.15) is 0 Å². The van der Waals surface area contributed by atoms with Crippen LogP contribution in [0.25, 0.3) is 11.0 Å². The quantitative estimate of drug-likeness (QED) is 0.561. The highest BCUT2D eigenvalue weighted by Crippen LogP contribution is 2.26. The van der Waals surface area contributed by atoms with Gasteiger partial charge in [0.05, 0.1) is 18.5 Å². The highest BCUT2D eigenvalue weighted by molar-refractivity contribution is 6.00. The van der Waals surface area contributed by atoms with Crippen LogP contribution in [0.3, 0.4) is 0 Å². The molecular formula is C17H16N6O2. The number of carbonyl (C=O) groups is 1. The second-order valence-corrected chi connectivity index (χ2v) is 5.66. The van der Waals surface area contributed by atoms with Crippen LogP contribution >= 0.6 is 0 Å². The lowest BCUT2D eigenvalue weighted by Gasteiger charge is -2.07. The number of H-pyrrole nitrogens is 1. The molecule has 0 saturated heterocycles. The minimum absolute atomic E-state index is 0.111. The smallest absolute Gasteiger partial charge is 0.267 e. The Morgan fingerprint density at radius 2 is 2.20 bits per heavy atom. The number of benzene rings is 1. The van der Waals surface area contributed by atoms with E-state index in [-0.39, 0.29) is 19.1 Å². The van der Waals surface area contributed by atoms with Crippen molar-refractivity contribution in [2.75, 3.05) is 18.5 Å². The van der Waals surface area contributed by atoms with Crippen LogP contribution in [0.1, 0.15) is 21.6 Å². The van der Waals surface area contributed by atoms with Crippen molar-refractivity contribution in [2.45, 2.75) is 6.54 Å². The van der Waals surface area contributed by atoms with E-state index >= 15 is 0 Å². The summed E-state index contributed by atoms with van der Waals surface area (Å²) in [7, 11) is 0. The molecule has 0 atom stereocenters. The lowest BCUT2D eigenvalue weighted by atomic mass is 10.1. The highest BCUT2D eigenvalue weighted by Gasteiger charge is 2.14. The van der Waals surface area contributed by atoms with Crippen molar-refractivity contribution in [3.8, 4) is 0 Å². The van der Waals surface area contributed by atoms with Gasteiger partial charge in [-0.1, -0.05) is 6.07 Å². The summed E-state index contributed by atoms with van der Waals surface area (Å²) >= 11 is 0. The Morgan fingerprint density at radius 1 is 1.28 bits per heavy atom. The van der Waals surface area contributed by atoms with Gasteiger partial charge in [0.15, 0.2) is 0 Å². The van der Waals surface area contributed by atoms with Crippen molar-refractivity contribution < 1.29 is 9.90 Å². The zero-order valence-electron chi connectivity index (χ0n) is 13.3. The van der Waals surface area contributed by atoms with Crippen LogP contribution in [0.15, 0.2) is 35.6 Å². The number of aliphatic imine (C=N–C) groups is 1. The van der Waals surface area contributed by atoms with E-state index in [0.717, 1.165) is 17.8 Å². The minimum atomic E-state index is -0.299. The molecule has 0 unspecified atom stereocenters. The van der Waals surface area contributed by atoms with Gasteiger partial charge in [-0.15, -0.1) is 0 Å². The summed E-state index contributed by atoms with van der Waals surface area (Å²) in [5.41, 5.74) is 4.11. The molecule has 8 nitrogen and oxygen atoms in total. The predicted octanol–water partition coefficient (Wildman–Crippen LogP) is 1.36. The molecule has 0 spiro atoms. The third-order valence-corrected chi connectivity index (χ3v) is 3.97. The number of nitrogens with zero attached hydrogens (tertiary/aromatic N) is 3. The van der Waals surface area contributed by atoms with Crippen LogP contribution in [0, 0.1) is 0 Å². The molecule has 2 aromatic heterocycles. The van der Waals surface area contributed by atoms with Gasteiger partial charge in [-0.25, -0.2) is 9.97 Å². The normalized spacial score (nSPS) is 12.4. The first-order valence-electron chi connectivity index (χ1n) is 7.87. The summed E-state index contributed by atoms with van der Waals surface area (Å²) in [5.74, 6) is 0.309. The molecule has 0 aliphatic carbocycles. The molecule has 3 heterocycles. The molecule has 4 rings (SSSR count). The fraction of sp³-hybridized carbons (Fsp3) is 0.176. The maximum atomic E-state index is 12.0. The Hall–Kier alpha value is -3.26. The second-order valence-electron chi connectivity index (χ2n) is 5.66. The average molecular weight is 336 g/mol. The number of aromatic amines is 1. The van der Waals surface area contributed by atoms with E-state index in [9.17, 15) is 4.79 Å². The van der Waals surface area contributed by atoms with E-state index in [1.165, 1.54) is 11.9 Å². The van der Waals surface area contributed by atoms with Crippen molar-refractivity contribution in [3.63, 3.8) is 0 Å². The van der Waals surface area contributed by atoms with Gasteiger partial charge >= 0.3 is 0 Å². The number of nitrogens with one attached hydrogen (secondary N) is 3. The van der Waals surface area contributed by atoms with E-state index in [1.54, 1.807) is 6.07 Å². The fourth-order valence-corrected chi connectivity index (χ4v) is 2.74. The van der Waals surface area contributed by atoms with Crippen LogP contribution in [0.4, 0.5) is 11.5 Å². The van der Waals surface area contributed by atoms with Crippen LogP contribution in [-0.2, 0) is 6.54 Å². The summed E-state index contributed by atoms with van der Waals surface area (Å²) in [5, 5.41) is 15.4. The van der Waals surface area contributed by atoms with E-state index in [0.29, 0.717) is 22.5 Å². The zero-order valence-corrected chi connectivity index (χ0v) is 13.3. The molecular weight excluding hydrogens is 320 g/mol. The Morgan fingerprint density at radius 3 is 3.08 bits per heavy atom. The first-order chi connectivity index (χ1) is 12.2. The molecule has 126 valence electrons. The van der Waals surface area contributed by atoms with E-state index in [4.69, 9.17) is 5.11 Å². The van der Waals surface area contributed by atoms with Crippen molar-refractivity contribution in [1.29, 1.82) is 0 Å². The van der Waals surface area contributed by atoms with E-state index in [1.807, 2.05) is 24.4 Å². The number of hydrogen-bond donors (Lipinski definition) is 4. The summed E-state index contributed by atoms with van der Waals surface area (Å²) in [6.07, 6.45) is 3.29. The number of aliphatic hydroxyl groups is 1. The van der Waals surface area contributed by atoms with Crippen LogP contribution in [0.2, 0.25) is 0 Å². The zero-order chi connectivity index (χ0) is 17.2. The van der Waals surface area contributed by atoms with Crippen molar-refractivity contribution >= 4 is 34.7 Å². The number of hydrogen-bond acceptors (Lipinski definition) is 6. The molecule has 0 radical (unpaired) electrons. The summed E-state index contributed by atoms with van der Waals surface area (Å²) in [6, 6.07) is 7.72. The van der Waals surface area contributed by atoms with Gasteiger partial charge in [0.2, 0.25) is 0 Å². The summed E-state index contributed by atoms with van der Waals surface area (Å²) in [6.45, 7) is 0.805. The van der Waals surface area contributed by atoms with Gasteiger partial charge in [-0.05, 0) is 29.3 Å². The van der Waals surface area contributed by atoms with Crippen molar-refractivity contribution in [2.24, 2.45) is 4.99 Å². The summed E-state index contributed by atoms with van der Waals surface area (Å²) in [4.78, 5) is 27.7. The topological polar surface area (TPSA) is 115 Å². The molecule has 0 fully saturated rings. The SMILES string of the molecule is O=C(NCCO)c1cc2c(Nc3ccc4c(c3)C=NC4)ncnc2[nH]1. The van der Waals surface area contributed by atoms with Crippen molar-refractivity contribution in [1.82, 2.24) is 20.3 Å². The number of anilines is 2. The van der Waals surface area contributed by atoms with Crippen LogP contribution in [0.5, 0.6) is 0 Å². The Bertz CT molecular complexity index is 978. The Kier molecular flexibility index (Phi) is 3.87. The first-order valence-corrected chi connectivity index (χ1v) is 7.87. The molecule has 1 aliphatic rings. The van der Waals surface area contributed by atoms with E-state index < -0.39 is 0 Å². The monoisotopic (exact) mass is 336 g/mol. The number of amides is 1. The predicted molar refractivity (Wildman–Crippen MR) is 94.3 cm³/mol. The molecule has 0 saturated carbocycles. The number of carbonyl (C=O) groups excluding carboxylic acids is 1. The van der Waals surface area contributed by atoms with Gasteiger partial charge in [-0.3, -0.25) is 9.79 Å². The fourth-order valence-electron chi connectivity index (χ4n) is 2.74. The van der Waals surface area contributed by atoms with Gasteiger partial charge in [0.25, 0.3) is 5.91 Å². The number of aromatic nitrogens is 3. The van der Waals surface area contributed by atoms with Gasteiger partial charge in [0.1, 0.15) is 23.5 Å². The Balaban J connectivity index is 1.64. The lowest BCUT2D eigenvalue weighted by Crippen LogP contribution is -2.26. The number of fused-ring (bicyclic) bond motifs is 2. The molecule has 3 aromatic rings. The van der Waals surface area contributed by atoms with Gasteiger partial charge in [0, 0.05) is 18.4 Å². The molecule has 1 amide bonds. The minimum Gasteiger partial charge on any atom is -0.395 e. The standard InChI is InChI=1S/C17H16N6O2/c24-4-3-19-17(25)14-6-13-15(20-9-21-16(13)23-14)22-12-2-1-10-7-18-8-11(10)5-12/h1-2,5-6,8-9,24H,3-4,7H2,(H,19,25)(H2,20,21,22,23). The lowest BCUT2D eigenvalue weighted by molar-refractivity contribution is 0.0940. The average Bonchev–Trinajstić information content (AvgIpc) is 3.26. The third-order valence-electron chi connectivity index (χ3n) is 3.97. The number of rotatable bonds is 5. The molecule has 8 heteroatoms. The second kappa shape index (κ2) is 6.33. The number of aliphatic hydroxyl groups excluding tert-OH is 1. The highest BCUT2D eigenvalue weighted by atomic mass is 16.3. The van der Waals surface area contributed by atoms with E-state index in [2.05, 4.69) is 30.6 Å². The van der Waals surface area contributed by atoms with Gasteiger partial charge < -0.3 is 20.7 Å². The maximum absolute atomic E-state index is 12.0. The molecule has 25 heavy (non-hydrogen) atoms. The van der Waals surface area contributed by atoms with Crippen molar-refractivity contribution in [3.05, 3.63) is 47.4 Å². The third kappa shape index (κ3) is 2.94. The first kappa shape index (κ1) is 15.3. The van der Waals surface area contributed by atoms with Crippen LogP contribution < -0.4 is 10.6 Å². The Labute approximate surface area is 143 Å². The summed E-state index contributed by atoms with van der Waals surface area (Å²) < 4.78 is 0.